The van der Waals surface area contributed by atoms with Crippen molar-refractivity contribution < 1.29 is 4.79 Å². The fourth-order valence-corrected chi connectivity index (χ4v) is 2.17. The van der Waals surface area contributed by atoms with Gasteiger partial charge < -0.3 is 0 Å². The van der Waals surface area contributed by atoms with Gasteiger partial charge in [-0.3, -0.25) is 9.78 Å². The van der Waals surface area contributed by atoms with Crippen LogP contribution in [0, 0.1) is 0 Å². The van der Waals surface area contributed by atoms with E-state index < -0.39 is 0 Å². The second-order valence-corrected chi connectivity index (χ2v) is 4.26. The minimum atomic E-state index is 0.102. The largest absolute Gasteiger partial charge is 0.299 e. The Balaban J connectivity index is 2.29. The molecular formula is C10H10BrNO. The predicted octanol–water partition coefficient (Wildman–Crippen LogP) is 2.68. The van der Waals surface area contributed by atoms with Gasteiger partial charge in [-0.1, -0.05) is 0 Å². The van der Waals surface area contributed by atoms with E-state index in [0.29, 0.717) is 5.78 Å². The van der Waals surface area contributed by atoms with Crippen molar-refractivity contribution in [1.82, 2.24) is 4.98 Å². The van der Waals surface area contributed by atoms with Crippen molar-refractivity contribution in [2.24, 2.45) is 0 Å². The Morgan fingerprint density at radius 2 is 2.31 bits per heavy atom. The zero-order valence-corrected chi connectivity index (χ0v) is 8.75. The summed E-state index contributed by atoms with van der Waals surface area (Å²) in [5.41, 5.74) is 1.05. The summed E-state index contributed by atoms with van der Waals surface area (Å²) in [4.78, 5) is 15.5. The number of aromatic nitrogens is 1. The van der Waals surface area contributed by atoms with Crippen molar-refractivity contribution >= 4 is 21.7 Å². The number of hydrogen-bond donors (Lipinski definition) is 0. The van der Waals surface area contributed by atoms with Crippen LogP contribution in [-0.4, -0.2) is 10.8 Å². The van der Waals surface area contributed by atoms with Gasteiger partial charge in [0.2, 0.25) is 0 Å². The van der Waals surface area contributed by atoms with Crippen molar-refractivity contribution in [1.29, 1.82) is 0 Å². The zero-order valence-electron chi connectivity index (χ0n) is 7.16. The first-order valence-corrected chi connectivity index (χ1v) is 5.20. The van der Waals surface area contributed by atoms with Crippen molar-refractivity contribution in [3.63, 3.8) is 0 Å². The molecule has 0 bridgehead atoms. The monoisotopic (exact) mass is 239 g/mol. The molecule has 68 valence electrons. The first-order chi connectivity index (χ1) is 6.27. The maximum Gasteiger partial charge on any atom is 0.140 e. The van der Waals surface area contributed by atoms with Gasteiger partial charge in [-0.2, -0.15) is 0 Å². The molecular weight excluding hydrogens is 230 g/mol. The van der Waals surface area contributed by atoms with E-state index in [0.717, 1.165) is 29.3 Å². The zero-order chi connectivity index (χ0) is 9.26. The van der Waals surface area contributed by atoms with E-state index in [2.05, 4.69) is 20.9 Å². The van der Waals surface area contributed by atoms with Gasteiger partial charge in [-0.15, -0.1) is 0 Å². The summed E-state index contributed by atoms with van der Waals surface area (Å²) in [5, 5.41) is 0. The fraction of sp³-hybridized carbons (Fsp3) is 0.400. The summed E-state index contributed by atoms with van der Waals surface area (Å²) in [5.74, 6) is 0.463. The van der Waals surface area contributed by atoms with Gasteiger partial charge in [-0.05, 0) is 40.4 Å². The van der Waals surface area contributed by atoms with Crippen molar-refractivity contribution in [3.8, 4) is 0 Å². The molecule has 1 aromatic heterocycles. The van der Waals surface area contributed by atoms with Gasteiger partial charge in [0.25, 0.3) is 0 Å². The van der Waals surface area contributed by atoms with Gasteiger partial charge in [0.15, 0.2) is 0 Å². The first kappa shape index (κ1) is 8.88. The minimum absolute atomic E-state index is 0.102. The van der Waals surface area contributed by atoms with Gasteiger partial charge in [0.05, 0.1) is 0 Å². The summed E-state index contributed by atoms with van der Waals surface area (Å²) in [6.45, 7) is 0. The molecule has 1 saturated carbocycles. The quantitative estimate of drug-likeness (QED) is 0.755. The van der Waals surface area contributed by atoms with E-state index >= 15 is 0 Å². The lowest BCUT2D eigenvalue weighted by atomic mass is 9.99. The molecule has 0 saturated heterocycles. The Morgan fingerprint density at radius 3 is 2.92 bits per heavy atom. The molecule has 0 radical (unpaired) electrons. The molecule has 1 atom stereocenters. The van der Waals surface area contributed by atoms with Gasteiger partial charge in [0.1, 0.15) is 5.78 Å². The third-order valence-electron chi connectivity index (χ3n) is 2.43. The van der Waals surface area contributed by atoms with E-state index in [-0.39, 0.29) is 5.92 Å². The molecule has 2 rings (SSSR count). The average molecular weight is 240 g/mol. The van der Waals surface area contributed by atoms with Crippen LogP contribution < -0.4 is 0 Å². The fourth-order valence-electron chi connectivity index (χ4n) is 1.79. The number of Topliss-reactive ketones (excluding diaryl/α,β-unsaturated/α-hetero) is 1. The van der Waals surface area contributed by atoms with Gasteiger partial charge in [0, 0.05) is 29.2 Å². The van der Waals surface area contributed by atoms with Gasteiger partial charge in [-0.25, -0.2) is 0 Å². The van der Waals surface area contributed by atoms with Crippen molar-refractivity contribution in [3.05, 3.63) is 28.5 Å². The molecule has 1 aliphatic carbocycles. The Labute approximate surface area is 85.5 Å². The highest BCUT2D eigenvalue weighted by Crippen LogP contribution is 2.31. The molecule has 0 spiro atoms. The Bertz CT molecular complexity index is 337. The van der Waals surface area contributed by atoms with Crippen LogP contribution in [0.25, 0.3) is 0 Å². The maximum absolute atomic E-state index is 11.4. The Hall–Kier alpha value is -0.700. The second-order valence-electron chi connectivity index (χ2n) is 3.35. The molecule has 1 aromatic rings. The molecule has 1 aliphatic rings. The van der Waals surface area contributed by atoms with Crippen LogP contribution in [-0.2, 0) is 4.79 Å². The van der Waals surface area contributed by atoms with E-state index in [1.54, 1.807) is 12.4 Å². The number of pyridine rings is 1. The third-order valence-corrected chi connectivity index (χ3v) is 2.87. The summed E-state index contributed by atoms with van der Waals surface area (Å²) in [7, 11) is 0. The van der Waals surface area contributed by atoms with E-state index in [4.69, 9.17) is 0 Å². The average Bonchev–Trinajstić information content (AvgIpc) is 2.51. The van der Waals surface area contributed by atoms with Crippen molar-refractivity contribution in [2.75, 3.05) is 0 Å². The highest BCUT2D eigenvalue weighted by molar-refractivity contribution is 9.10. The molecule has 0 N–H and O–H groups in total. The summed E-state index contributed by atoms with van der Waals surface area (Å²) in [6, 6.07) is 1.99. The van der Waals surface area contributed by atoms with Crippen LogP contribution >= 0.6 is 15.9 Å². The Kier molecular flexibility index (Phi) is 2.44. The van der Waals surface area contributed by atoms with Crippen LogP contribution in [0.2, 0.25) is 0 Å². The molecule has 0 amide bonds. The highest BCUT2D eigenvalue weighted by Gasteiger charge is 2.25. The molecule has 13 heavy (non-hydrogen) atoms. The number of nitrogens with zero attached hydrogens (tertiary/aromatic N) is 1. The smallest absolute Gasteiger partial charge is 0.140 e. The lowest BCUT2D eigenvalue weighted by Crippen LogP contribution is -2.04. The van der Waals surface area contributed by atoms with Crippen LogP contribution in [0.4, 0.5) is 0 Å². The van der Waals surface area contributed by atoms with Crippen LogP contribution in [0.5, 0.6) is 0 Å². The van der Waals surface area contributed by atoms with E-state index in [1.165, 1.54) is 0 Å². The molecule has 1 heterocycles. The number of rotatable bonds is 1. The molecule has 2 nitrogen and oxygen atoms in total. The van der Waals surface area contributed by atoms with Crippen LogP contribution in [0.15, 0.2) is 22.9 Å². The van der Waals surface area contributed by atoms with Gasteiger partial charge >= 0.3 is 0 Å². The minimum Gasteiger partial charge on any atom is -0.299 e. The number of ketones is 1. The highest BCUT2D eigenvalue weighted by atomic mass is 79.9. The second kappa shape index (κ2) is 3.58. The number of hydrogen-bond acceptors (Lipinski definition) is 2. The normalized spacial score (nSPS) is 22.2. The van der Waals surface area contributed by atoms with Crippen molar-refractivity contribution in [2.45, 2.75) is 25.2 Å². The molecule has 0 aromatic carbocycles. The number of carbonyl (C=O) groups is 1. The lowest BCUT2D eigenvalue weighted by Gasteiger charge is -2.06. The molecule has 1 unspecified atom stereocenters. The molecule has 0 aliphatic heterocycles. The van der Waals surface area contributed by atoms with E-state index in [1.807, 2.05) is 6.07 Å². The SMILES string of the molecule is O=C1CCCC1c1cncc(Br)c1. The molecule has 1 fully saturated rings. The number of carbonyl (C=O) groups excluding carboxylic acids is 1. The predicted molar refractivity (Wildman–Crippen MR) is 53.5 cm³/mol. The number of halogens is 1. The van der Waals surface area contributed by atoms with Crippen LogP contribution in [0.3, 0.4) is 0 Å². The molecule has 3 heteroatoms. The topological polar surface area (TPSA) is 30.0 Å². The Morgan fingerprint density at radius 1 is 1.46 bits per heavy atom. The maximum atomic E-state index is 11.4. The van der Waals surface area contributed by atoms with Crippen LogP contribution in [0.1, 0.15) is 30.7 Å². The summed E-state index contributed by atoms with van der Waals surface area (Å²) in [6.07, 6.45) is 6.27. The summed E-state index contributed by atoms with van der Waals surface area (Å²) >= 11 is 3.36. The van der Waals surface area contributed by atoms with E-state index in [9.17, 15) is 4.79 Å². The third kappa shape index (κ3) is 1.80. The summed E-state index contributed by atoms with van der Waals surface area (Å²) < 4.78 is 0.949. The lowest BCUT2D eigenvalue weighted by molar-refractivity contribution is -0.118. The standard InChI is InChI=1S/C10H10BrNO/c11-8-4-7(5-12-6-8)9-2-1-3-10(9)13/h4-6,9H,1-3H2. The first-order valence-electron chi connectivity index (χ1n) is 4.40.